The van der Waals surface area contributed by atoms with E-state index >= 15 is 0 Å². The summed E-state index contributed by atoms with van der Waals surface area (Å²) in [4.78, 5) is 13.4. The third kappa shape index (κ3) is 3.66. The molecule has 0 saturated carbocycles. The van der Waals surface area contributed by atoms with Gasteiger partial charge in [-0.3, -0.25) is 0 Å². The Hall–Kier alpha value is -1.77. The number of aryl methyl sites for hydroxylation is 2. The minimum Gasteiger partial charge on any atom is -0.380 e. The fourth-order valence-corrected chi connectivity index (χ4v) is 3.01. The lowest BCUT2D eigenvalue weighted by Crippen LogP contribution is -2.56. The summed E-state index contributed by atoms with van der Waals surface area (Å²) in [6.07, 6.45) is -5.69. The molecular formula is C15H22F3N3O3. The van der Waals surface area contributed by atoms with E-state index in [1.165, 1.54) is 4.90 Å². The Balaban J connectivity index is 1.86. The number of piperidine rings is 1. The van der Waals surface area contributed by atoms with Gasteiger partial charge in [-0.15, -0.1) is 0 Å². The van der Waals surface area contributed by atoms with E-state index in [2.05, 4.69) is 10.5 Å². The van der Waals surface area contributed by atoms with E-state index in [1.807, 2.05) is 13.8 Å². The Morgan fingerprint density at radius 1 is 1.42 bits per heavy atom. The van der Waals surface area contributed by atoms with Crippen LogP contribution in [0.1, 0.15) is 42.7 Å². The van der Waals surface area contributed by atoms with Gasteiger partial charge in [0.25, 0.3) is 0 Å². The van der Waals surface area contributed by atoms with E-state index in [-0.39, 0.29) is 19.0 Å². The fraction of sp³-hybridized carbons (Fsp3) is 0.733. The van der Waals surface area contributed by atoms with Gasteiger partial charge in [0.15, 0.2) is 5.60 Å². The molecule has 6 nitrogen and oxygen atoms in total. The number of aromatic nitrogens is 1. The molecule has 1 aromatic rings. The van der Waals surface area contributed by atoms with Gasteiger partial charge in [-0.2, -0.15) is 13.2 Å². The van der Waals surface area contributed by atoms with Crippen molar-refractivity contribution in [1.29, 1.82) is 0 Å². The van der Waals surface area contributed by atoms with Crippen molar-refractivity contribution in [3.05, 3.63) is 17.0 Å². The number of amides is 2. The molecule has 1 atom stereocenters. The van der Waals surface area contributed by atoms with E-state index in [1.54, 1.807) is 6.92 Å². The van der Waals surface area contributed by atoms with Crippen molar-refractivity contribution >= 4 is 6.03 Å². The summed E-state index contributed by atoms with van der Waals surface area (Å²) in [5.74, 6) is 0.652. The highest BCUT2D eigenvalue weighted by atomic mass is 19.4. The van der Waals surface area contributed by atoms with Crippen molar-refractivity contribution in [2.75, 3.05) is 19.6 Å². The molecule has 1 saturated heterocycles. The summed E-state index contributed by atoms with van der Waals surface area (Å²) < 4.78 is 43.4. The first-order chi connectivity index (χ1) is 11.0. The van der Waals surface area contributed by atoms with Gasteiger partial charge in [-0.05, 0) is 13.8 Å². The van der Waals surface area contributed by atoms with Crippen LogP contribution in [0.4, 0.5) is 18.0 Å². The zero-order valence-electron chi connectivity index (χ0n) is 13.9. The molecule has 0 spiro atoms. The highest BCUT2D eigenvalue weighted by molar-refractivity contribution is 5.74. The first-order valence-corrected chi connectivity index (χ1v) is 7.80. The fourth-order valence-electron chi connectivity index (χ4n) is 3.01. The van der Waals surface area contributed by atoms with Gasteiger partial charge in [0, 0.05) is 44.0 Å². The topological polar surface area (TPSA) is 78.6 Å². The zero-order valence-corrected chi connectivity index (χ0v) is 13.9. The zero-order chi connectivity index (χ0) is 18.1. The Labute approximate surface area is 138 Å². The summed E-state index contributed by atoms with van der Waals surface area (Å²) >= 11 is 0. The minimum atomic E-state index is -4.67. The number of alkyl halides is 3. The van der Waals surface area contributed by atoms with Crippen molar-refractivity contribution in [1.82, 2.24) is 15.4 Å². The number of rotatable bonds is 3. The number of likely N-dealkylation sites (tertiary alicyclic amines) is 1. The van der Waals surface area contributed by atoms with Crippen molar-refractivity contribution in [2.45, 2.75) is 51.3 Å². The minimum absolute atomic E-state index is 0.0305. The lowest BCUT2D eigenvalue weighted by atomic mass is 9.91. The lowest BCUT2D eigenvalue weighted by molar-refractivity contribution is -0.271. The number of carbonyl (C=O) groups excluding carboxylic acids is 1. The standard InChI is InChI=1S/C15H22F3N3O3/c1-9(12-10(2)20-24-11(12)3)8-19-13(22)21-6-4-14(23,5-7-21)15(16,17)18/h9,23H,4-8H2,1-3H3,(H,19,22). The van der Waals surface area contributed by atoms with Gasteiger partial charge < -0.3 is 19.8 Å². The summed E-state index contributed by atoms with van der Waals surface area (Å²) in [6.45, 7) is 5.55. The third-order valence-corrected chi connectivity index (χ3v) is 4.55. The maximum Gasteiger partial charge on any atom is 0.417 e. The maximum absolute atomic E-state index is 12.8. The van der Waals surface area contributed by atoms with E-state index in [4.69, 9.17) is 4.52 Å². The van der Waals surface area contributed by atoms with Crippen molar-refractivity contribution in [2.24, 2.45) is 0 Å². The van der Waals surface area contributed by atoms with Crippen LogP contribution in [0.5, 0.6) is 0 Å². The van der Waals surface area contributed by atoms with Crippen LogP contribution in [-0.4, -0.2) is 52.6 Å². The first-order valence-electron chi connectivity index (χ1n) is 7.80. The quantitative estimate of drug-likeness (QED) is 0.879. The molecule has 9 heteroatoms. The maximum atomic E-state index is 12.8. The summed E-state index contributed by atoms with van der Waals surface area (Å²) in [7, 11) is 0. The van der Waals surface area contributed by atoms with Crippen molar-refractivity contribution < 1.29 is 27.6 Å². The number of aliphatic hydroxyl groups is 1. The molecule has 0 aromatic carbocycles. The SMILES string of the molecule is Cc1noc(C)c1C(C)CNC(=O)N1CCC(O)(C(F)(F)F)CC1. The number of urea groups is 1. The third-order valence-electron chi connectivity index (χ3n) is 4.55. The number of halogens is 3. The number of carbonyl (C=O) groups is 1. The highest BCUT2D eigenvalue weighted by Crippen LogP contribution is 2.38. The van der Waals surface area contributed by atoms with Crippen LogP contribution < -0.4 is 5.32 Å². The van der Waals surface area contributed by atoms with Crippen LogP contribution in [0.15, 0.2) is 4.52 Å². The molecule has 1 aliphatic rings. The molecule has 2 N–H and O–H groups in total. The molecule has 136 valence electrons. The number of hydrogen-bond donors (Lipinski definition) is 2. The Morgan fingerprint density at radius 2 is 2.00 bits per heavy atom. The monoisotopic (exact) mass is 349 g/mol. The van der Waals surface area contributed by atoms with Crippen LogP contribution in [0.3, 0.4) is 0 Å². The number of nitrogens with one attached hydrogen (secondary N) is 1. The molecular weight excluding hydrogens is 327 g/mol. The smallest absolute Gasteiger partial charge is 0.380 e. The predicted molar refractivity (Wildman–Crippen MR) is 79.6 cm³/mol. The molecule has 2 heterocycles. The molecule has 2 rings (SSSR count). The summed E-state index contributed by atoms with van der Waals surface area (Å²) in [5, 5.41) is 16.2. The van der Waals surface area contributed by atoms with Crippen LogP contribution in [0.2, 0.25) is 0 Å². The van der Waals surface area contributed by atoms with Gasteiger partial charge >= 0.3 is 12.2 Å². The van der Waals surface area contributed by atoms with Gasteiger partial charge in [0.1, 0.15) is 5.76 Å². The molecule has 0 aliphatic carbocycles. The molecule has 24 heavy (non-hydrogen) atoms. The molecule has 0 bridgehead atoms. The van der Waals surface area contributed by atoms with E-state index in [0.717, 1.165) is 11.3 Å². The van der Waals surface area contributed by atoms with Gasteiger partial charge in [-0.1, -0.05) is 12.1 Å². The normalized spacial score (nSPS) is 19.2. The highest BCUT2D eigenvalue weighted by Gasteiger charge is 2.54. The molecule has 1 unspecified atom stereocenters. The van der Waals surface area contributed by atoms with Gasteiger partial charge in [0.2, 0.25) is 0 Å². The van der Waals surface area contributed by atoms with Gasteiger partial charge in [-0.25, -0.2) is 4.79 Å². The Morgan fingerprint density at radius 3 is 2.46 bits per heavy atom. The number of hydrogen-bond acceptors (Lipinski definition) is 4. The van der Waals surface area contributed by atoms with E-state index in [9.17, 15) is 23.1 Å². The molecule has 1 fully saturated rings. The lowest BCUT2D eigenvalue weighted by Gasteiger charge is -2.39. The van der Waals surface area contributed by atoms with Crippen molar-refractivity contribution in [3.8, 4) is 0 Å². The second-order valence-electron chi connectivity index (χ2n) is 6.34. The largest absolute Gasteiger partial charge is 0.417 e. The second-order valence-corrected chi connectivity index (χ2v) is 6.34. The van der Waals surface area contributed by atoms with E-state index in [0.29, 0.717) is 12.3 Å². The Bertz CT molecular complexity index is 573. The van der Waals surface area contributed by atoms with Gasteiger partial charge in [0.05, 0.1) is 5.69 Å². The van der Waals surface area contributed by atoms with Crippen LogP contribution in [0.25, 0.3) is 0 Å². The van der Waals surface area contributed by atoms with Crippen LogP contribution in [0, 0.1) is 13.8 Å². The summed E-state index contributed by atoms with van der Waals surface area (Å²) in [5.41, 5.74) is -1.03. The predicted octanol–water partition coefficient (Wildman–Crippen LogP) is 2.49. The van der Waals surface area contributed by atoms with Crippen molar-refractivity contribution in [3.63, 3.8) is 0 Å². The molecule has 1 aromatic heterocycles. The number of nitrogens with zero attached hydrogens (tertiary/aromatic N) is 2. The first kappa shape index (κ1) is 18.6. The summed E-state index contributed by atoms with van der Waals surface area (Å²) in [6, 6.07) is -0.433. The molecule has 2 amide bonds. The Kier molecular flexibility index (Phi) is 5.12. The van der Waals surface area contributed by atoms with E-state index < -0.39 is 30.7 Å². The molecule has 0 radical (unpaired) electrons. The molecule has 1 aliphatic heterocycles. The van der Waals surface area contributed by atoms with Crippen LogP contribution in [-0.2, 0) is 0 Å². The second kappa shape index (κ2) is 6.62. The average Bonchev–Trinajstić information content (AvgIpc) is 2.83. The van der Waals surface area contributed by atoms with Crippen LogP contribution >= 0.6 is 0 Å². The average molecular weight is 349 g/mol.